The Hall–Kier alpha value is -0.990. The van der Waals surface area contributed by atoms with Crippen molar-refractivity contribution in [3.05, 3.63) is 58.6 Å². The number of hydrogen-bond donors (Lipinski definition) is 0. The number of halogens is 2. The molecule has 0 N–H and O–H groups in total. The van der Waals surface area contributed by atoms with Crippen LogP contribution in [0, 0.1) is 0 Å². The first-order chi connectivity index (χ1) is 8.74. The molecule has 0 saturated carbocycles. The molecule has 2 aromatic carbocycles. The summed E-state index contributed by atoms with van der Waals surface area (Å²) in [7, 11) is 0. The summed E-state index contributed by atoms with van der Waals surface area (Å²) < 4.78 is 5.99. The molecular weight excluding hydrogens is 312 g/mol. The maximum atomic E-state index is 6.02. The molecule has 0 aliphatic rings. The SMILES string of the molecule is CCc1ccccc1Oc1cc(Cl)ccc1CBr. The van der Waals surface area contributed by atoms with Gasteiger partial charge < -0.3 is 4.74 Å². The van der Waals surface area contributed by atoms with Crippen molar-refractivity contribution in [2.24, 2.45) is 0 Å². The van der Waals surface area contributed by atoms with Crippen molar-refractivity contribution in [3.8, 4) is 11.5 Å². The van der Waals surface area contributed by atoms with Crippen LogP contribution in [-0.4, -0.2) is 0 Å². The largest absolute Gasteiger partial charge is 0.457 e. The second-order valence-corrected chi connectivity index (χ2v) is 4.95. The van der Waals surface area contributed by atoms with Gasteiger partial charge in [-0.3, -0.25) is 0 Å². The zero-order valence-electron chi connectivity index (χ0n) is 10.1. The van der Waals surface area contributed by atoms with Crippen LogP contribution in [0.15, 0.2) is 42.5 Å². The highest BCUT2D eigenvalue weighted by atomic mass is 79.9. The van der Waals surface area contributed by atoms with Gasteiger partial charge in [-0.1, -0.05) is 58.7 Å². The van der Waals surface area contributed by atoms with Crippen molar-refractivity contribution in [2.45, 2.75) is 18.7 Å². The second kappa shape index (κ2) is 6.26. The van der Waals surface area contributed by atoms with Crippen LogP contribution in [-0.2, 0) is 11.8 Å². The highest BCUT2D eigenvalue weighted by molar-refractivity contribution is 9.08. The second-order valence-electron chi connectivity index (χ2n) is 3.95. The lowest BCUT2D eigenvalue weighted by atomic mass is 10.1. The van der Waals surface area contributed by atoms with Crippen molar-refractivity contribution in [1.82, 2.24) is 0 Å². The summed E-state index contributed by atoms with van der Waals surface area (Å²) in [6.07, 6.45) is 0.945. The van der Waals surface area contributed by atoms with Gasteiger partial charge in [0.25, 0.3) is 0 Å². The maximum Gasteiger partial charge on any atom is 0.132 e. The Morgan fingerprint density at radius 1 is 1.06 bits per heavy atom. The molecule has 0 aliphatic heterocycles. The summed E-state index contributed by atoms with van der Waals surface area (Å²) in [6, 6.07) is 13.8. The van der Waals surface area contributed by atoms with Gasteiger partial charge in [0.05, 0.1) is 0 Å². The molecule has 0 saturated heterocycles. The molecule has 0 radical (unpaired) electrons. The fourth-order valence-electron chi connectivity index (χ4n) is 1.75. The molecule has 2 rings (SSSR count). The molecule has 0 heterocycles. The minimum atomic E-state index is 0.684. The lowest BCUT2D eigenvalue weighted by molar-refractivity contribution is 0.473. The summed E-state index contributed by atoms with van der Waals surface area (Å²) in [5, 5.41) is 1.43. The van der Waals surface area contributed by atoms with Crippen LogP contribution in [0.4, 0.5) is 0 Å². The lowest BCUT2D eigenvalue weighted by Crippen LogP contribution is -1.93. The van der Waals surface area contributed by atoms with Crippen LogP contribution in [0.1, 0.15) is 18.1 Å². The molecule has 0 spiro atoms. The first kappa shape index (κ1) is 13.4. The number of ether oxygens (including phenoxy) is 1. The predicted octanol–water partition coefficient (Wildman–Crippen LogP) is 5.59. The Labute approximate surface area is 121 Å². The number of para-hydroxylation sites is 1. The van der Waals surface area contributed by atoms with E-state index in [0.29, 0.717) is 5.02 Å². The van der Waals surface area contributed by atoms with Crippen molar-refractivity contribution in [3.63, 3.8) is 0 Å². The Morgan fingerprint density at radius 2 is 1.83 bits per heavy atom. The van der Waals surface area contributed by atoms with Gasteiger partial charge in [-0.25, -0.2) is 0 Å². The number of alkyl halides is 1. The summed E-state index contributed by atoms with van der Waals surface area (Å²) >= 11 is 9.48. The normalized spacial score (nSPS) is 10.4. The Bertz CT molecular complexity index is 540. The van der Waals surface area contributed by atoms with E-state index >= 15 is 0 Å². The van der Waals surface area contributed by atoms with Crippen LogP contribution in [0.25, 0.3) is 0 Å². The van der Waals surface area contributed by atoms with Gasteiger partial charge in [0.15, 0.2) is 0 Å². The van der Waals surface area contributed by atoms with E-state index in [4.69, 9.17) is 16.3 Å². The van der Waals surface area contributed by atoms with Crippen LogP contribution in [0.2, 0.25) is 5.02 Å². The number of benzene rings is 2. The van der Waals surface area contributed by atoms with E-state index in [0.717, 1.165) is 28.8 Å². The highest BCUT2D eigenvalue weighted by Crippen LogP contribution is 2.31. The van der Waals surface area contributed by atoms with Crippen LogP contribution in [0.5, 0.6) is 11.5 Å². The van der Waals surface area contributed by atoms with Gasteiger partial charge in [-0.2, -0.15) is 0 Å². The first-order valence-electron chi connectivity index (χ1n) is 5.84. The third kappa shape index (κ3) is 3.06. The Kier molecular flexibility index (Phi) is 4.67. The van der Waals surface area contributed by atoms with Gasteiger partial charge in [-0.15, -0.1) is 0 Å². The van der Waals surface area contributed by atoms with Crippen molar-refractivity contribution >= 4 is 27.5 Å². The fraction of sp³-hybridized carbons (Fsp3) is 0.200. The molecule has 0 aliphatic carbocycles. The average molecular weight is 326 g/mol. The summed E-state index contributed by atoms with van der Waals surface area (Å²) in [6.45, 7) is 2.12. The zero-order valence-corrected chi connectivity index (χ0v) is 12.5. The lowest BCUT2D eigenvalue weighted by Gasteiger charge is -2.13. The molecule has 0 aromatic heterocycles. The maximum absolute atomic E-state index is 6.02. The monoisotopic (exact) mass is 324 g/mol. The van der Waals surface area contributed by atoms with Crippen molar-refractivity contribution < 1.29 is 4.74 Å². The third-order valence-electron chi connectivity index (χ3n) is 2.75. The standard InChI is InChI=1S/C15H14BrClO/c1-2-11-5-3-4-6-14(11)18-15-9-13(17)8-7-12(15)10-16/h3-9H,2,10H2,1H3. The van der Waals surface area contributed by atoms with Crippen molar-refractivity contribution in [2.75, 3.05) is 0 Å². The number of aryl methyl sites for hydroxylation is 1. The highest BCUT2D eigenvalue weighted by Gasteiger charge is 2.07. The quantitative estimate of drug-likeness (QED) is 0.666. The van der Waals surface area contributed by atoms with E-state index in [-0.39, 0.29) is 0 Å². The molecule has 3 heteroatoms. The summed E-state index contributed by atoms with van der Waals surface area (Å²) in [5.74, 6) is 1.70. The van der Waals surface area contributed by atoms with Gasteiger partial charge >= 0.3 is 0 Å². The van der Waals surface area contributed by atoms with E-state index < -0.39 is 0 Å². The minimum absolute atomic E-state index is 0.684. The summed E-state index contributed by atoms with van der Waals surface area (Å²) in [4.78, 5) is 0. The smallest absolute Gasteiger partial charge is 0.132 e. The minimum Gasteiger partial charge on any atom is -0.457 e. The van der Waals surface area contributed by atoms with Crippen LogP contribution >= 0.6 is 27.5 Å². The Balaban J connectivity index is 2.36. The van der Waals surface area contributed by atoms with E-state index in [2.05, 4.69) is 28.9 Å². The molecule has 1 nitrogen and oxygen atoms in total. The van der Waals surface area contributed by atoms with Gasteiger partial charge in [0.1, 0.15) is 11.5 Å². The van der Waals surface area contributed by atoms with E-state index in [9.17, 15) is 0 Å². The van der Waals surface area contributed by atoms with Crippen LogP contribution in [0.3, 0.4) is 0 Å². The topological polar surface area (TPSA) is 9.23 Å². The number of hydrogen-bond acceptors (Lipinski definition) is 1. The Morgan fingerprint density at radius 3 is 2.56 bits per heavy atom. The molecule has 94 valence electrons. The first-order valence-corrected chi connectivity index (χ1v) is 7.34. The van der Waals surface area contributed by atoms with E-state index in [1.165, 1.54) is 5.56 Å². The molecule has 0 atom stereocenters. The van der Waals surface area contributed by atoms with E-state index in [1.807, 2.05) is 36.4 Å². The fourth-order valence-corrected chi connectivity index (χ4v) is 2.37. The summed E-state index contributed by atoms with van der Waals surface area (Å²) in [5.41, 5.74) is 2.28. The predicted molar refractivity (Wildman–Crippen MR) is 80.0 cm³/mol. The third-order valence-corrected chi connectivity index (χ3v) is 3.59. The van der Waals surface area contributed by atoms with Crippen molar-refractivity contribution in [1.29, 1.82) is 0 Å². The average Bonchev–Trinajstić information content (AvgIpc) is 2.40. The zero-order chi connectivity index (χ0) is 13.0. The number of rotatable bonds is 4. The van der Waals surface area contributed by atoms with Gasteiger partial charge in [-0.05, 0) is 30.2 Å². The molecule has 0 unspecified atom stereocenters. The molecule has 18 heavy (non-hydrogen) atoms. The molecule has 0 bridgehead atoms. The molecule has 0 amide bonds. The molecular formula is C15H14BrClO. The van der Waals surface area contributed by atoms with E-state index in [1.54, 1.807) is 0 Å². The molecule has 2 aromatic rings. The van der Waals surface area contributed by atoms with Gasteiger partial charge in [0, 0.05) is 15.9 Å². The van der Waals surface area contributed by atoms with Crippen LogP contribution < -0.4 is 4.74 Å². The molecule has 0 fully saturated rings. The van der Waals surface area contributed by atoms with Gasteiger partial charge in [0.2, 0.25) is 0 Å².